The van der Waals surface area contributed by atoms with Gasteiger partial charge in [-0.1, -0.05) is 60.7 Å². The Morgan fingerprint density at radius 3 is 2.15 bits per heavy atom. The van der Waals surface area contributed by atoms with Crippen LogP contribution in [0.4, 0.5) is 0 Å². The maximum atomic E-state index is 13.0. The van der Waals surface area contributed by atoms with Gasteiger partial charge < -0.3 is 10.2 Å². The molecule has 0 amide bonds. The van der Waals surface area contributed by atoms with Gasteiger partial charge in [-0.2, -0.15) is 0 Å². The van der Waals surface area contributed by atoms with Crippen LogP contribution < -0.4 is 0 Å². The molecule has 0 spiro atoms. The number of sulfone groups is 1. The molecule has 0 aliphatic rings. The molecule has 2 N–H and O–H groups in total. The van der Waals surface area contributed by atoms with Gasteiger partial charge in [0.15, 0.2) is 9.84 Å². The van der Waals surface area contributed by atoms with Gasteiger partial charge in [-0.05, 0) is 30.5 Å². The van der Waals surface area contributed by atoms with Crippen molar-refractivity contribution in [1.29, 1.82) is 0 Å². The second-order valence-corrected chi connectivity index (χ2v) is 8.05. The Morgan fingerprint density at radius 1 is 1.00 bits per heavy atom. The maximum absolute atomic E-state index is 13.0. The van der Waals surface area contributed by atoms with Gasteiger partial charge in [-0.25, -0.2) is 8.42 Å². The molecular formula is C20H22O5S. The van der Waals surface area contributed by atoms with Crippen LogP contribution >= 0.6 is 0 Å². The Morgan fingerprint density at radius 2 is 1.58 bits per heavy atom. The van der Waals surface area contributed by atoms with Crippen molar-refractivity contribution < 1.29 is 23.4 Å². The van der Waals surface area contributed by atoms with Crippen molar-refractivity contribution in [3.05, 3.63) is 72.3 Å². The first-order chi connectivity index (χ1) is 12.4. The molecule has 138 valence electrons. The summed E-state index contributed by atoms with van der Waals surface area (Å²) in [6, 6.07) is 17.1. The van der Waals surface area contributed by atoms with Gasteiger partial charge in [0.1, 0.15) is 5.25 Å². The Kier molecular flexibility index (Phi) is 7.12. The third-order valence-electron chi connectivity index (χ3n) is 3.98. The quantitative estimate of drug-likeness (QED) is 0.703. The van der Waals surface area contributed by atoms with Gasteiger partial charge in [0.2, 0.25) is 0 Å². The number of carboxylic acid groups (broad SMARTS) is 1. The van der Waals surface area contributed by atoms with Gasteiger partial charge in [-0.3, -0.25) is 4.79 Å². The van der Waals surface area contributed by atoms with Crippen LogP contribution in [0.2, 0.25) is 0 Å². The molecule has 0 aromatic heterocycles. The van der Waals surface area contributed by atoms with E-state index in [-0.39, 0.29) is 24.2 Å². The minimum absolute atomic E-state index is 0.0855. The summed E-state index contributed by atoms with van der Waals surface area (Å²) >= 11 is 0. The first-order valence-corrected chi connectivity index (χ1v) is 9.88. The molecule has 0 aliphatic heterocycles. The lowest BCUT2D eigenvalue weighted by Crippen LogP contribution is -2.32. The molecule has 2 unspecified atom stereocenters. The highest BCUT2D eigenvalue weighted by molar-refractivity contribution is 7.92. The van der Waals surface area contributed by atoms with Crippen LogP contribution in [0.5, 0.6) is 0 Å². The molecule has 0 heterocycles. The average molecular weight is 374 g/mol. The zero-order valence-corrected chi connectivity index (χ0v) is 15.0. The van der Waals surface area contributed by atoms with Crippen LogP contribution in [-0.4, -0.2) is 36.0 Å². The number of aliphatic hydroxyl groups excluding tert-OH is 1. The van der Waals surface area contributed by atoms with Crippen LogP contribution in [0, 0.1) is 0 Å². The van der Waals surface area contributed by atoms with E-state index in [0.717, 1.165) is 5.56 Å². The molecule has 2 aromatic carbocycles. The monoisotopic (exact) mass is 374 g/mol. The molecule has 2 rings (SSSR count). The van der Waals surface area contributed by atoms with Crippen molar-refractivity contribution in [3.63, 3.8) is 0 Å². The third-order valence-corrected chi connectivity index (χ3v) is 6.09. The molecule has 0 saturated heterocycles. The van der Waals surface area contributed by atoms with Crippen LogP contribution in [0.15, 0.2) is 71.6 Å². The number of rotatable bonds is 9. The van der Waals surface area contributed by atoms with Crippen molar-refractivity contribution in [1.82, 2.24) is 0 Å². The van der Waals surface area contributed by atoms with E-state index < -0.39 is 27.2 Å². The second kappa shape index (κ2) is 9.31. The van der Waals surface area contributed by atoms with Crippen LogP contribution in [0.1, 0.15) is 24.8 Å². The molecule has 2 atom stereocenters. The number of hydrogen-bond donors (Lipinski definition) is 2. The van der Waals surface area contributed by atoms with Crippen molar-refractivity contribution in [2.45, 2.75) is 35.5 Å². The minimum Gasteiger partial charge on any atom is -0.481 e. The third kappa shape index (κ3) is 5.54. The van der Waals surface area contributed by atoms with Crippen LogP contribution in [0.3, 0.4) is 0 Å². The molecule has 0 fully saturated rings. The van der Waals surface area contributed by atoms with E-state index in [1.54, 1.807) is 24.3 Å². The van der Waals surface area contributed by atoms with E-state index in [2.05, 4.69) is 0 Å². The Hall–Kier alpha value is -2.44. The average Bonchev–Trinajstić information content (AvgIpc) is 2.63. The zero-order valence-electron chi connectivity index (χ0n) is 14.2. The zero-order chi connectivity index (χ0) is 19.0. The summed E-state index contributed by atoms with van der Waals surface area (Å²) in [5, 5.41) is 18.1. The van der Waals surface area contributed by atoms with Gasteiger partial charge in [-0.15, -0.1) is 0 Å². The molecular weight excluding hydrogens is 352 g/mol. The van der Waals surface area contributed by atoms with Crippen molar-refractivity contribution in [2.24, 2.45) is 0 Å². The van der Waals surface area contributed by atoms with Gasteiger partial charge in [0, 0.05) is 6.42 Å². The predicted molar refractivity (Wildman–Crippen MR) is 100 cm³/mol. The second-order valence-electron chi connectivity index (χ2n) is 5.95. The lowest BCUT2D eigenvalue weighted by molar-refractivity contribution is -0.137. The number of carbonyl (C=O) groups is 1. The molecule has 0 radical (unpaired) electrons. The van der Waals surface area contributed by atoms with Gasteiger partial charge >= 0.3 is 5.97 Å². The normalized spacial score (nSPS) is 14.2. The lowest BCUT2D eigenvalue weighted by Gasteiger charge is -2.20. The topological polar surface area (TPSA) is 91.7 Å². The molecule has 6 heteroatoms. The van der Waals surface area contributed by atoms with E-state index in [9.17, 15) is 18.3 Å². The molecule has 5 nitrogen and oxygen atoms in total. The maximum Gasteiger partial charge on any atom is 0.303 e. The van der Waals surface area contributed by atoms with Crippen LogP contribution in [0.25, 0.3) is 6.08 Å². The first kappa shape index (κ1) is 19.9. The molecule has 26 heavy (non-hydrogen) atoms. The number of hydrogen-bond acceptors (Lipinski definition) is 4. The highest BCUT2D eigenvalue weighted by Crippen LogP contribution is 2.23. The largest absolute Gasteiger partial charge is 0.481 e. The summed E-state index contributed by atoms with van der Waals surface area (Å²) in [7, 11) is -3.81. The fourth-order valence-corrected chi connectivity index (χ4v) is 4.29. The minimum atomic E-state index is -3.81. The Bertz CT molecular complexity index is 829. The molecule has 0 aliphatic carbocycles. The highest BCUT2D eigenvalue weighted by Gasteiger charge is 2.31. The molecule has 0 saturated carbocycles. The number of aliphatic hydroxyl groups is 1. The SMILES string of the molecule is O=C(O)CCCC(O)C(/C=C/c1ccccc1)S(=O)(=O)c1ccccc1. The Balaban J connectivity index is 2.28. The van der Waals surface area contributed by atoms with E-state index >= 15 is 0 Å². The Labute approximate surface area is 153 Å². The lowest BCUT2D eigenvalue weighted by atomic mass is 10.1. The fraction of sp³-hybridized carbons (Fsp3) is 0.250. The predicted octanol–water partition coefficient (Wildman–Crippen LogP) is 3.16. The van der Waals surface area contributed by atoms with E-state index in [4.69, 9.17) is 5.11 Å². The van der Waals surface area contributed by atoms with E-state index in [1.807, 2.05) is 30.3 Å². The summed E-state index contributed by atoms with van der Waals surface area (Å²) in [6.07, 6.45) is 2.12. The standard InChI is InChI=1S/C20H22O5S/c21-18(12-7-13-20(22)23)19(15-14-16-8-3-1-4-9-16)26(24,25)17-10-5-2-6-11-17/h1-6,8-11,14-15,18-19,21H,7,12-13H2,(H,22,23)/b15-14+. The fourth-order valence-electron chi connectivity index (χ4n) is 2.60. The van der Waals surface area contributed by atoms with Crippen LogP contribution in [-0.2, 0) is 14.6 Å². The summed E-state index contributed by atoms with van der Waals surface area (Å²) in [5.74, 6) is -0.973. The number of aliphatic carboxylic acids is 1. The van der Waals surface area contributed by atoms with Gasteiger partial charge in [0.05, 0.1) is 11.0 Å². The summed E-state index contributed by atoms with van der Waals surface area (Å²) in [6.45, 7) is 0. The van der Waals surface area contributed by atoms with Crippen molar-refractivity contribution in [3.8, 4) is 0 Å². The smallest absolute Gasteiger partial charge is 0.303 e. The summed E-state index contributed by atoms with van der Waals surface area (Å²) < 4.78 is 25.9. The first-order valence-electron chi connectivity index (χ1n) is 8.33. The molecule has 2 aromatic rings. The highest BCUT2D eigenvalue weighted by atomic mass is 32.2. The van der Waals surface area contributed by atoms with E-state index in [1.165, 1.54) is 18.2 Å². The van der Waals surface area contributed by atoms with Crippen molar-refractivity contribution >= 4 is 21.9 Å². The van der Waals surface area contributed by atoms with Gasteiger partial charge in [0.25, 0.3) is 0 Å². The summed E-state index contributed by atoms with van der Waals surface area (Å²) in [5.41, 5.74) is 0.818. The van der Waals surface area contributed by atoms with E-state index in [0.29, 0.717) is 0 Å². The molecule has 0 bridgehead atoms. The summed E-state index contributed by atoms with van der Waals surface area (Å²) in [4.78, 5) is 10.8. The van der Waals surface area contributed by atoms with Crippen molar-refractivity contribution in [2.75, 3.05) is 0 Å². The number of carboxylic acids is 1. The number of benzene rings is 2.